The van der Waals surface area contributed by atoms with Crippen molar-refractivity contribution in [3.8, 4) is 0 Å². The van der Waals surface area contributed by atoms with Crippen molar-refractivity contribution in [3.63, 3.8) is 0 Å². The lowest BCUT2D eigenvalue weighted by Gasteiger charge is -2.09. The molecule has 0 aliphatic rings. The molecule has 0 fully saturated rings. The van der Waals surface area contributed by atoms with Gasteiger partial charge in [0.15, 0.2) is 0 Å². The van der Waals surface area contributed by atoms with Crippen molar-refractivity contribution < 1.29 is 14.7 Å². The lowest BCUT2D eigenvalue weighted by atomic mass is 10.1. The molecule has 0 radical (unpaired) electrons. The van der Waals surface area contributed by atoms with Crippen molar-refractivity contribution in [1.82, 2.24) is 10.3 Å². The summed E-state index contributed by atoms with van der Waals surface area (Å²) in [7, 11) is 0. The average Bonchev–Trinajstić information content (AvgIpc) is 2.46. The van der Waals surface area contributed by atoms with E-state index >= 15 is 0 Å². The van der Waals surface area contributed by atoms with Crippen LogP contribution in [0.1, 0.15) is 23.7 Å². The zero-order valence-electron chi connectivity index (χ0n) is 11.2. The van der Waals surface area contributed by atoms with Crippen LogP contribution in [0.5, 0.6) is 0 Å². The molecule has 1 aromatic carbocycles. The zero-order chi connectivity index (χ0) is 14.5. The molecule has 0 aliphatic carbocycles. The summed E-state index contributed by atoms with van der Waals surface area (Å²) < 4.78 is 0. The third-order valence-corrected chi connectivity index (χ3v) is 3.16. The van der Waals surface area contributed by atoms with Crippen molar-refractivity contribution in [2.24, 2.45) is 5.92 Å². The predicted octanol–water partition coefficient (Wildman–Crippen LogP) is 2.08. The normalized spacial score (nSPS) is 12.1. The van der Waals surface area contributed by atoms with E-state index in [0.717, 1.165) is 5.39 Å². The molecule has 0 spiro atoms. The summed E-state index contributed by atoms with van der Waals surface area (Å²) in [6.07, 6.45) is 2.05. The molecule has 0 aliphatic heterocycles. The summed E-state index contributed by atoms with van der Waals surface area (Å²) in [5, 5.41) is 12.4. The van der Waals surface area contributed by atoms with Crippen LogP contribution in [0.2, 0.25) is 0 Å². The van der Waals surface area contributed by atoms with E-state index in [1.807, 2.05) is 18.2 Å². The number of nitrogens with zero attached hydrogens (tertiary/aromatic N) is 1. The molecule has 0 saturated heterocycles. The number of aliphatic carboxylic acids is 1. The van der Waals surface area contributed by atoms with E-state index in [2.05, 4.69) is 10.3 Å². The van der Waals surface area contributed by atoms with Crippen molar-refractivity contribution in [3.05, 3.63) is 42.1 Å². The van der Waals surface area contributed by atoms with Crippen LogP contribution < -0.4 is 5.32 Å². The molecule has 1 heterocycles. The monoisotopic (exact) mass is 272 g/mol. The van der Waals surface area contributed by atoms with Gasteiger partial charge in [0, 0.05) is 18.1 Å². The first-order valence-electron chi connectivity index (χ1n) is 6.44. The number of carbonyl (C=O) groups excluding carboxylic acids is 1. The Bertz CT molecular complexity index is 635. The van der Waals surface area contributed by atoms with Crippen LogP contribution in [0, 0.1) is 5.92 Å². The van der Waals surface area contributed by atoms with Crippen molar-refractivity contribution in [1.29, 1.82) is 0 Å². The van der Waals surface area contributed by atoms with Crippen molar-refractivity contribution in [2.45, 2.75) is 13.3 Å². The number of carboxylic acids is 1. The van der Waals surface area contributed by atoms with Crippen LogP contribution in [0.3, 0.4) is 0 Å². The fraction of sp³-hybridized carbons (Fsp3) is 0.267. The number of nitrogens with one attached hydrogen (secondary N) is 1. The molecule has 104 valence electrons. The maximum atomic E-state index is 12.1. The quantitative estimate of drug-likeness (QED) is 0.873. The van der Waals surface area contributed by atoms with Crippen molar-refractivity contribution >= 4 is 22.8 Å². The van der Waals surface area contributed by atoms with E-state index in [9.17, 15) is 9.59 Å². The SMILES string of the molecule is CC(CCNC(=O)c1cccc2cccnc12)C(=O)O. The number of rotatable bonds is 5. The summed E-state index contributed by atoms with van der Waals surface area (Å²) in [5.41, 5.74) is 1.16. The molecular weight excluding hydrogens is 256 g/mol. The Morgan fingerprint density at radius 1 is 1.30 bits per heavy atom. The first kappa shape index (κ1) is 14.0. The van der Waals surface area contributed by atoms with Gasteiger partial charge in [-0.25, -0.2) is 0 Å². The first-order valence-corrected chi connectivity index (χ1v) is 6.44. The van der Waals surface area contributed by atoms with Crippen LogP contribution in [-0.4, -0.2) is 28.5 Å². The number of para-hydroxylation sites is 1. The fourth-order valence-electron chi connectivity index (χ4n) is 1.91. The van der Waals surface area contributed by atoms with Crippen LogP contribution >= 0.6 is 0 Å². The largest absolute Gasteiger partial charge is 0.481 e. The lowest BCUT2D eigenvalue weighted by molar-refractivity contribution is -0.141. The number of carboxylic acid groups (broad SMARTS) is 1. The summed E-state index contributed by atoms with van der Waals surface area (Å²) >= 11 is 0. The zero-order valence-corrected chi connectivity index (χ0v) is 11.2. The number of amides is 1. The van der Waals surface area contributed by atoms with Gasteiger partial charge in [-0.15, -0.1) is 0 Å². The molecule has 0 bridgehead atoms. The molecule has 2 rings (SSSR count). The summed E-state index contributed by atoms with van der Waals surface area (Å²) in [4.78, 5) is 27.0. The lowest BCUT2D eigenvalue weighted by Crippen LogP contribution is -2.27. The maximum Gasteiger partial charge on any atom is 0.306 e. The highest BCUT2D eigenvalue weighted by Crippen LogP contribution is 2.15. The number of hydrogen-bond acceptors (Lipinski definition) is 3. The molecule has 2 N–H and O–H groups in total. The van der Waals surface area contributed by atoms with E-state index < -0.39 is 11.9 Å². The van der Waals surface area contributed by atoms with Gasteiger partial charge in [0.1, 0.15) is 0 Å². The Kier molecular flexibility index (Phi) is 4.30. The molecule has 1 aromatic heterocycles. The standard InChI is InChI=1S/C15H16N2O3/c1-10(15(19)20)7-9-17-14(18)12-6-2-4-11-5-3-8-16-13(11)12/h2-6,8,10H,7,9H2,1H3,(H,17,18)(H,19,20). The Hall–Kier alpha value is -2.43. The second-order valence-electron chi connectivity index (χ2n) is 4.66. The highest BCUT2D eigenvalue weighted by molar-refractivity contribution is 6.05. The van der Waals surface area contributed by atoms with Crippen LogP contribution in [-0.2, 0) is 4.79 Å². The Morgan fingerprint density at radius 2 is 2.05 bits per heavy atom. The smallest absolute Gasteiger partial charge is 0.306 e. The van der Waals surface area contributed by atoms with E-state index in [0.29, 0.717) is 24.0 Å². The molecule has 1 atom stereocenters. The Labute approximate surface area is 116 Å². The first-order chi connectivity index (χ1) is 9.59. The summed E-state index contributed by atoms with van der Waals surface area (Å²) in [6, 6.07) is 9.12. The highest BCUT2D eigenvalue weighted by Gasteiger charge is 2.13. The maximum absolute atomic E-state index is 12.1. The van der Waals surface area contributed by atoms with Gasteiger partial charge in [-0.1, -0.05) is 25.1 Å². The van der Waals surface area contributed by atoms with Gasteiger partial charge >= 0.3 is 5.97 Å². The molecule has 0 saturated carbocycles. The minimum Gasteiger partial charge on any atom is -0.481 e. The Morgan fingerprint density at radius 3 is 2.80 bits per heavy atom. The van der Waals surface area contributed by atoms with Crippen LogP contribution in [0.25, 0.3) is 10.9 Å². The molecule has 5 nitrogen and oxygen atoms in total. The van der Waals surface area contributed by atoms with Gasteiger partial charge in [-0.2, -0.15) is 0 Å². The third-order valence-electron chi connectivity index (χ3n) is 3.16. The average molecular weight is 272 g/mol. The van der Waals surface area contributed by atoms with E-state index in [-0.39, 0.29) is 5.91 Å². The van der Waals surface area contributed by atoms with Crippen LogP contribution in [0.15, 0.2) is 36.5 Å². The number of hydrogen-bond donors (Lipinski definition) is 2. The van der Waals surface area contributed by atoms with Gasteiger partial charge in [0.2, 0.25) is 0 Å². The number of fused-ring (bicyclic) bond motifs is 1. The third kappa shape index (κ3) is 3.12. The molecule has 2 aromatic rings. The van der Waals surface area contributed by atoms with Gasteiger partial charge in [0.25, 0.3) is 5.91 Å². The van der Waals surface area contributed by atoms with Gasteiger partial charge in [-0.05, 0) is 18.6 Å². The van der Waals surface area contributed by atoms with E-state index in [1.165, 1.54) is 0 Å². The van der Waals surface area contributed by atoms with Crippen LogP contribution in [0.4, 0.5) is 0 Å². The molecule has 20 heavy (non-hydrogen) atoms. The molecule has 1 unspecified atom stereocenters. The van der Waals surface area contributed by atoms with E-state index in [1.54, 1.807) is 25.3 Å². The number of aromatic nitrogens is 1. The number of carbonyl (C=O) groups is 2. The molecule has 5 heteroatoms. The van der Waals surface area contributed by atoms with Gasteiger partial charge in [0.05, 0.1) is 17.0 Å². The second-order valence-corrected chi connectivity index (χ2v) is 4.66. The summed E-state index contributed by atoms with van der Waals surface area (Å²) in [6.45, 7) is 1.95. The van der Waals surface area contributed by atoms with E-state index in [4.69, 9.17) is 5.11 Å². The van der Waals surface area contributed by atoms with Gasteiger partial charge in [-0.3, -0.25) is 14.6 Å². The Balaban J connectivity index is 2.06. The van der Waals surface area contributed by atoms with Gasteiger partial charge < -0.3 is 10.4 Å². The second kappa shape index (κ2) is 6.14. The number of benzene rings is 1. The fourth-order valence-corrected chi connectivity index (χ4v) is 1.91. The molecule has 1 amide bonds. The number of pyridine rings is 1. The summed E-state index contributed by atoms with van der Waals surface area (Å²) in [5.74, 6) is -1.56. The minimum absolute atomic E-state index is 0.230. The predicted molar refractivity (Wildman–Crippen MR) is 75.5 cm³/mol. The molecular formula is C15H16N2O3. The highest BCUT2D eigenvalue weighted by atomic mass is 16.4. The topological polar surface area (TPSA) is 79.3 Å². The minimum atomic E-state index is -0.855. The van der Waals surface area contributed by atoms with Crippen molar-refractivity contribution in [2.75, 3.05) is 6.54 Å².